The molecule has 1 aromatic carbocycles. The van der Waals surface area contributed by atoms with Crippen molar-refractivity contribution in [3.63, 3.8) is 0 Å². The number of aliphatic imine (C=N–C) groups is 1. The molecule has 1 atom stereocenters. The Balaban J connectivity index is 0.00000420. The Morgan fingerprint density at radius 1 is 1.10 bits per heavy atom. The summed E-state index contributed by atoms with van der Waals surface area (Å²) in [4.78, 5) is 7.05. The van der Waals surface area contributed by atoms with Gasteiger partial charge in [-0.05, 0) is 38.6 Å². The fraction of sp³-hybridized carbons (Fsp3) is 0.571. The highest BCUT2D eigenvalue weighted by Gasteiger charge is 2.14. The smallest absolute Gasteiger partial charge is 0.191 e. The number of halogens is 1. The number of hydrogen-bond donors (Lipinski definition) is 2. The van der Waals surface area contributed by atoms with Gasteiger partial charge < -0.3 is 20.1 Å². The number of hydrogen-bond acceptors (Lipinski definition) is 4. The van der Waals surface area contributed by atoms with E-state index in [1.165, 1.54) is 11.1 Å². The van der Waals surface area contributed by atoms with Gasteiger partial charge in [0.1, 0.15) is 12.2 Å². The lowest BCUT2D eigenvalue weighted by molar-refractivity contribution is 0.306. The van der Waals surface area contributed by atoms with E-state index in [9.17, 15) is 0 Å². The molecule has 0 saturated heterocycles. The maximum atomic E-state index is 4.83. The van der Waals surface area contributed by atoms with Crippen molar-refractivity contribution in [3.8, 4) is 0 Å². The fourth-order valence-electron chi connectivity index (χ4n) is 3.10. The van der Waals surface area contributed by atoms with Crippen molar-refractivity contribution in [1.29, 1.82) is 0 Å². The van der Waals surface area contributed by atoms with Crippen molar-refractivity contribution in [2.45, 2.75) is 46.2 Å². The van der Waals surface area contributed by atoms with Gasteiger partial charge in [-0.2, -0.15) is 0 Å². The van der Waals surface area contributed by atoms with Crippen LogP contribution in [0.4, 0.5) is 0 Å². The van der Waals surface area contributed by atoms with Crippen LogP contribution in [0.1, 0.15) is 43.8 Å². The third-order valence-corrected chi connectivity index (χ3v) is 4.82. The summed E-state index contributed by atoms with van der Waals surface area (Å²) in [5.74, 6) is 1.84. The zero-order chi connectivity index (χ0) is 20.4. The van der Waals surface area contributed by atoms with Crippen LogP contribution in [0.3, 0.4) is 0 Å². The summed E-state index contributed by atoms with van der Waals surface area (Å²) < 4.78 is 2.08. The molecule has 1 aromatic heterocycles. The monoisotopic (exact) mass is 513 g/mol. The van der Waals surface area contributed by atoms with E-state index >= 15 is 0 Å². The molecule has 0 aliphatic carbocycles. The van der Waals surface area contributed by atoms with Crippen LogP contribution in [-0.2, 0) is 19.4 Å². The number of aromatic nitrogens is 3. The second-order valence-corrected chi connectivity index (χ2v) is 7.02. The average Bonchev–Trinajstić information content (AvgIpc) is 3.16. The normalized spacial score (nSPS) is 12.6. The molecule has 0 aliphatic rings. The summed E-state index contributed by atoms with van der Waals surface area (Å²) in [5, 5.41) is 14.9. The van der Waals surface area contributed by atoms with Crippen molar-refractivity contribution in [1.82, 2.24) is 30.3 Å². The molecule has 8 heteroatoms. The van der Waals surface area contributed by atoms with E-state index in [0.29, 0.717) is 6.54 Å². The van der Waals surface area contributed by atoms with Crippen LogP contribution in [0.25, 0.3) is 0 Å². The molecule has 0 amide bonds. The van der Waals surface area contributed by atoms with Gasteiger partial charge in [-0.15, -0.1) is 34.2 Å². The van der Waals surface area contributed by atoms with E-state index in [1.54, 1.807) is 6.33 Å². The van der Waals surface area contributed by atoms with Gasteiger partial charge in [0.15, 0.2) is 5.96 Å². The van der Waals surface area contributed by atoms with E-state index in [2.05, 4.69) is 89.4 Å². The minimum absolute atomic E-state index is 0. The number of likely N-dealkylation sites (N-methyl/N-ethyl adjacent to an activating group) is 1. The first-order chi connectivity index (χ1) is 13.6. The molecule has 0 radical (unpaired) electrons. The molecule has 7 nitrogen and oxygen atoms in total. The summed E-state index contributed by atoms with van der Waals surface area (Å²) in [5.41, 5.74) is 2.65. The summed E-state index contributed by atoms with van der Waals surface area (Å²) in [7, 11) is 4.21. The molecular weight excluding hydrogens is 477 g/mol. The maximum Gasteiger partial charge on any atom is 0.191 e. The van der Waals surface area contributed by atoms with Crippen molar-refractivity contribution in [2.75, 3.05) is 33.7 Å². The summed E-state index contributed by atoms with van der Waals surface area (Å²) in [6, 6.07) is 9.10. The first kappa shape index (κ1) is 25.4. The Bertz CT molecular complexity index is 725. The molecule has 2 rings (SSSR count). The Morgan fingerprint density at radius 2 is 1.83 bits per heavy atom. The van der Waals surface area contributed by atoms with E-state index in [0.717, 1.165) is 44.3 Å². The molecule has 1 heterocycles. The predicted octanol–water partition coefficient (Wildman–Crippen LogP) is 2.88. The van der Waals surface area contributed by atoms with Crippen LogP contribution in [0.2, 0.25) is 0 Å². The lowest BCUT2D eigenvalue weighted by atomic mass is 10.0. The number of benzene rings is 1. The molecule has 162 valence electrons. The first-order valence-electron chi connectivity index (χ1n) is 10.2. The molecule has 29 heavy (non-hydrogen) atoms. The van der Waals surface area contributed by atoms with Crippen LogP contribution in [0.15, 0.2) is 35.6 Å². The number of rotatable bonds is 10. The van der Waals surface area contributed by atoms with E-state index in [1.807, 2.05) is 0 Å². The maximum absolute atomic E-state index is 4.83. The third kappa shape index (κ3) is 7.93. The van der Waals surface area contributed by atoms with E-state index in [-0.39, 0.29) is 30.0 Å². The predicted molar refractivity (Wildman–Crippen MR) is 131 cm³/mol. The molecule has 0 spiro atoms. The quantitative estimate of drug-likeness (QED) is 0.291. The summed E-state index contributed by atoms with van der Waals surface area (Å²) in [6.07, 6.45) is 3.73. The molecule has 0 fully saturated rings. The van der Waals surface area contributed by atoms with Gasteiger partial charge >= 0.3 is 0 Å². The van der Waals surface area contributed by atoms with E-state index in [4.69, 9.17) is 4.99 Å². The van der Waals surface area contributed by atoms with Gasteiger partial charge in [0.2, 0.25) is 0 Å². The number of nitrogens with one attached hydrogen (secondary N) is 2. The molecule has 1 unspecified atom stereocenters. The summed E-state index contributed by atoms with van der Waals surface area (Å²) >= 11 is 0. The molecule has 0 saturated carbocycles. The molecule has 0 aliphatic heterocycles. The number of guanidine groups is 1. The highest BCUT2D eigenvalue weighted by molar-refractivity contribution is 14.0. The zero-order valence-corrected chi connectivity index (χ0v) is 20.7. The fourth-order valence-corrected chi connectivity index (χ4v) is 3.10. The van der Waals surface area contributed by atoms with Crippen LogP contribution in [0, 0.1) is 0 Å². The average molecular weight is 513 g/mol. The van der Waals surface area contributed by atoms with Crippen LogP contribution in [0.5, 0.6) is 0 Å². The Hall–Kier alpha value is -1.68. The van der Waals surface area contributed by atoms with Crippen molar-refractivity contribution in [3.05, 3.63) is 47.5 Å². The number of nitrogens with zero attached hydrogens (tertiary/aromatic N) is 5. The van der Waals surface area contributed by atoms with Gasteiger partial charge in [0.05, 0.1) is 12.6 Å². The zero-order valence-electron chi connectivity index (χ0n) is 18.4. The second kappa shape index (κ2) is 13.5. The standard InChI is InChI=1S/C21H35N7.HI/c1-6-17-9-11-18(12-10-17)19(27(4)5)15-24-21(22-8-3)23-13-14-28-16-25-26-20(28)7-2;/h9-12,16,19H,6-8,13-15H2,1-5H3,(H2,22,23,24);1H. The Kier molecular flexibility index (Phi) is 11.8. The first-order valence-corrected chi connectivity index (χ1v) is 10.2. The molecule has 2 N–H and O–H groups in total. The summed E-state index contributed by atoms with van der Waals surface area (Å²) in [6.45, 7) is 9.47. The van der Waals surface area contributed by atoms with Crippen molar-refractivity contribution >= 4 is 29.9 Å². The second-order valence-electron chi connectivity index (χ2n) is 7.02. The van der Waals surface area contributed by atoms with Gasteiger partial charge in [-0.3, -0.25) is 4.99 Å². The SMILES string of the molecule is CCNC(=NCC(c1ccc(CC)cc1)N(C)C)NCCn1cnnc1CC.I. The minimum atomic E-state index is 0. The van der Waals surface area contributed by atoms with E-state index < -0.39 is 0 Å². The molecule has 2 aromatic rings. The lowest BCUT2D eigenvalue weighted by Crippen LogP contribution is -2.39. The topological polar surface area (TPSA) is 70.4 Å². The lowest BCUT2D eigenvalue weighted by Gasteiger charge is -2.24. The largest absolute Gasteiger partial charge is 0.357 e. The van der Waals surface area contributed by atoms with Crippen molar-refractivity contribution in [2.24, 2.45) is 4.99 Å². The van der Waals surface area contributed by atoms with Crippen LogP contribution < -0.4 is 10.6 Å². The molecule has 0 bridgehead atoms. The Labute approximate surface area is 192 Å². The Morgan fingerprint density at radius 3 is 2.41 bits per heavy atom. The van der Waals surface area contributed by atoms with Gasteiger partial charge in [-0.1, -0.05) is 38.1 Å². The third-order valence-electron chi connectivity index (χ3n) is 4.82. The number of aryl methyl sites for hydroxylation is 2. The van der Waals surface area contributed by atoms with Gasteiger partial charge in [0, 0.05) is 26.1 Å². The van der Waals surface area contributed by atoms with Gasteiger partial charge in [0.25, 0.3) is 0 Å². The van der Waals surface area contributed by atoms with Gasteiger partial charge in [-0.25, -0.2) is 0 Å². The highest BCUT2D eigenvalue weighted by Crippen LogP contribution is 2.19. The molecular formula is C21H36IN7. The van der Waals surface area contributed by atoms with Crippen molar-refractivity contribution < 1.29 is 0 Å². The highest BCUT2D eigenvalue weighted by atomic mass is 127. The van der Waals surface area contributed by atoms with Crippen LogP contribution >= 0.6 is 24.0 Å². The minimum Gasteiger partial charge on any atom is -0.357 e. The van der Waals surface area contributed by atoms with Crippen LogP contribution in [-0.4, -0.2) is 59.4 Å².